The van der Waals surface area contributed by atoms with E-state index in [-0.39, 0.29) is 49.1 Å². The predicted octanol–water partition coefficient (Wildman–Crippen LogP) is 4.52. The molecule has 1 aromatic rings. The van der Waals surface area contributed by atoms with Gasteiger partial charge in [-0.25, -0.2) is 18.6 Å². The summed E-state index contributed by atoms with van der Waals surface area (Å²) >= 11 is 0. The van der Waals surface area contributed by atoms with Crippen molar-refractivity contribution in [3.8, 4) is 0 Å². The summed E-state index contributed by atoms with van der Waals surface area (Å²) in [6, 6.07) is 1.04. The van der Waals surface area contributed by atoms with Crippen LogP contribution in [0, 0.1) is 16.0 Å². The lowest BCUT2D eigenvalue weighted by atomic mass is 9.90. The molecule has 0 aromatic carbocycles. The molecule has 1 heterocycles. The maximum Gasteiger partial charge on any atom is 0.328 e. The van der Waals surface area contributed by atoms with Gasteiger partial charge in [0.1, 0.15) is 0 Å². The second-order valence-electron chi connectivity index (χ2n) is 7.62. The number of pyridine rings is 1. The first kappa shape index (κ1) is 21.7. The van der Waals surface area contributed by atoms with Crippen LogP contribution in [0.2, 0.25) is 0 Å². The highest BCUT2D eigenvalue weighted by Crippen LogP contribution is 2.39. The van der Waals surface area contributed by atoms with Crippen molar-refractivity contribution < 1.29 is 23.6 Å². The molecule has 28 heavy (non-hydrogen) atoms. The molecule has 1 aliphatic rings. The second kappa shape index (κ2) is 8.62. The van der Waals surface area contributed by atoms with Gasteiger partial charge >= 0.3 is 11.7 Å². The van der Waals surface area contributed by atoms with Crippen molar-refractivity contribution in [1.82, 2.24) is 4.98 Å². The van der Waals surface area contributed by atoms with Crippen LogP contribution in [0.4, 0.5) is 20.3 Å². The molecular formula is C19H25F2N3O4. The number of rotatable bonds is 7. The van der Waals surface area contributed by atoms with Crippen molar-refractivity contribution in [2.24, 2.45) is 5.92 Å². The summed E-state index contributed by atoms with van der Waals surface area (Å²) in [5.41, 5.74) is 0.411. The van der Waals surface area contributed by atoms with Crippen molar-refractivity contribution in [2.45, 2.75) is 58.4 Å². The fourth-order valence-corrected chi connectivity index (χ4v) is 3.42. The Morgan fingerprint density at radius 1 is 1.46 bits per heavy atom. The molecule has 0 bridgehead atoms. The molecule has 0 unspecified atom stereocenters. The summed E-state index contributed by atoms with van der Waals surface area (Å²) < 4.78 is 27.1. The Balaban J connectivity index is 2.44. The van der Waals surface area contributed by atoms with E-state index in [1.54, 1.807) is 4.90 Å². The lowest BCUT2D eigenvalue weighted by Crippen LogP contribution is -2.43. The lowest BCUT2D eigenvalue weighted by molar-refractivity contribution is -0.384. The second-order valence-corrected chi connectivity index (χ2v) is 7.62. The topological polar surface area (TPSA) is 96.6 Å². The first-order valence-corrected chi connectivity index (χ1v) is 9.20. The highest BCUT2D eigenvalue weighted by Gasteiger charge is 2.38. The average Bonchev–Trinajstić information content (AvgIpc) is 2.58. The van der Waals surface area contributed by atoms with Crippen molar-refractivity contribution in [1.29, 1.82) is 0 Å². The third-order valence-corrected chi connectivity index (χ3v) is 4.80. The number of allylic oxidation sites excluding steroid dienone is 1. The highest BCUT2D eigenvalue weighted by atomic mass is 19.3. The van der Waals surface area contributed by atoms with E-state index >= 15 is 0 Å². The van der Waals surface area contributed by atoms with E-state index in [9.17, 15) is 23.7 Å². The van der Waals surface area contributed by atoms with Crippen LogP contribution < -0.4 is 4.90 Å². The van der Waals surface area contributed by atoms with Gasteiger partial charge in [0.2, 0.25) is 11.7 Å². The molecule has 1 N–H and O–H groups in total. The van der Waals surface area contributed by atoms with Gasteiger partial charge in [0, 0.05) is 49.3 Å². The van der Waals surface area contributed by atoms with E-state index in [4.69, 9.17) is 5.11 Å². The fourth-order valence-electron chi connectivity index (χ4n) is 3.42. The minimum absolute atomic E-state index is 0.140. The Labute approximate surface area is 162 Å². The van der Waals surface area contributed by atoms with Gasteiger partial charge in [0.25, 0.3) is 0 Å². The largest absolute Gasteiger partial charge is 0.478 e. The van der Waals surface area contributed by atoms with Gasteiger partial charge < -0.3 is 10.0 Å². The van der Waals surface area contributed by atoms with Gasteiger partial charge in [-0.2, -0.15) is 0 Å². The molecule has 2 rings (SSSR count). The minimum Gasteiger partial charge on any atom is -0.478 e. The summed E-state index contributed by atoms with van der Waals surface area (Å²) in [5.74, 6) is -3.56. The van der Waals surface area contributed by atoms with Crippen molar-refractivity contribution >= 4 is 23.0 Å². The standard InChI is InChI=1S/C19H25F2N3O4/c1-12(2)11-23(15-4-6-19(20,21)7-5-15)18-16(24(27)28)9-14(10-22-18)13(3)8-17(25)26/h8-10,12,15H,4-7,11H2,1-3H3,(H,25,26)/b13-8+. The SMILES string of the molecule is C/C(=C\C(=O)O)c1cnc(N(CC(C)C)C2CCC(F)(F)CC2)c([N+](=O)[O-])c1. The Bertz CT molecular complexity index is 770. The minimum atomic E-state index is -2.69. The molecule has 7 nitrogen and oxygen atoms in total. The van der Waals surface area contributed by atoms with Crippen LogP contribution in [0.1, 0.15) is 52.0 Å². The van der Waals surface area contributed by atoms with E-state index in [0.29, 0.717) is 17.7 Å². The molecule has 0 amide bonds. The normalized spacial score (nSPS) is 17.6. The number of anilines is 1. The molecule has 0 saturated heterocycles. The first-order valence-electron chi connectivity index (χ1n) is 9.20. The number of aromatic nitrogens is 1. The number of carboxylic acids is 1. The molecular weight excluding hydrogens is 372 g/mol. The van der Waals surface area contributed by atoms with Crippen molar-refractivity contribution in [3.05, 3.63) is 34.0 Å². The van der Waals surface area contributed by atoms with Crippen molar-refractivity contribution in [3.63, 3.8) is 0 Å². The predicted molar refractivity (Wildman–Crippen MR) is 102 cm³/mol. The zero-order valence-corrected chi connectivity index (χ0v) is 16.2. The molecule has 0 radical (unpaired) electrons. The quantitative estimate of drug-likeness (QED) is 0.413. The highest BCUT2D eigenvalue weighted by molar-refractivity contribution is 5.89. The van der Waals surface area contributed by atoms with E-state index < -0.39 is 16.8 Å². The first-order chi connectivity index (χ1) is 13.0. The molecule has 1 saturated carbocycles. The summed E-state index contributed by atoms with van der Waals surface area (Å²) in [6.07, 6.45) is 2.31. The molecule has 0 atom stereocenters. The molecule has 9 heteroatoms. The molecule has 0 spiro atoms. The number of nitro groups is 1. The number of alkyl halides is 2. The lowest BCUT2D eigenvalue weighted by Gasteiger charge is -2.38. The maximum absolute atomic E-state index is 13.6. The monoisotopic (exact) mass is 397 g/mol. The van der Waals surface area contributed by atoms with Gasteiger partial charge in [-0.05, 0) is 31.3 Å². The van der Waals surface area contributed by atoms with Gasteiger partial charge in [-0.3, -0.25) is 10.1 Å². The molecule has 0 aliphatic heterocycles. The smallest absolute Gasteiger partial charge is 0.328 e. The van der Waals surface area contributed by atoms with Crippen LogP contribution in [0.25, 0.3) is 5.57 Å². The van der Waals surface area contributed by atoms with E-state index in [1.807, 2.05) is 13.8 Å². The Morgan fingerprint density at radius 2 is 2.07 bits per heavy atom. The van der Waals surface area contributed by atoms with Gasteiger partial charge in [-0.15, -0.1) is 0 Å². The zero-order chi connectivity index (χ0) is 21.1. The van der Waals surface area contributed by atoms with E-state index in [1.165, 1.54) is 19.2 Å². The fraction of sp³-hybridized carbons (Fsp3) is 0.579. The molecule has 1 aromatic heterocycles. The summed E-state index contributed by atoms with van der Waals surface area (Å²) in [4.78, 5) is 28.0. The molecule has 154 valence electrons. The number of hydrogen-bond acceptors (Lipinski definition) is 5. The van der Waals surface area contributed by atoms with Crippen LogP contribution >= 0.6 is 0 Å². The van der Waals surface area contributed by atoms with E-state index in [2.05, 4.69) is 4.98 Å². The van der Waals surface area contributed by atoms with Crippen LogP contribution in [-0.4, -0.2) is 39.5 Å². The molecule has 1 fully saturated rings. The number of halogens is 2. The Hall–Kier alpha value is -2.58. The number of hydrogen-bond donors (Lipinski definition) is 1. The van der Waals surface area contributed by atoms with E-state index in [0.717, 1.165) is 6.08 Å². The third kappa shape index (κ3) is 5.46. The Kier molecular flexibility index (Phi) is 6.69. The van der Waals surface area contributed by atoms with Gasteiger partial charge in [0.05, 0.1) is 4.92 Å². The maximum atomic E-state index is 13.6. The summed E-state index contributed by atoms with van der Waals surface area (Å²) in [7, 11) is 0. The van der Waals surface area contributed by atoms with Gasteiger partial charge in [0.15, 0.2) is 0 Å². The Morgan fingerprint density at radius 3 is 2.57 bits per heavy atom. The van der Waals surface area contributed by atoms with Crippen LogP contribution in [0.5, 0.6) is 0 Å². The van der Waals surface area contributed by atoms with Gasteiger partial charge in [-0.1, -0.05) is 13.8 Å². The molecule has 1 aliphatic carbocycles. The zero-order valence-electron chi connectivity index (χ0n) is 16.2. The average molecular weight is 397 g/mol. The number of carbonyl (C=O) groups is 1. The number of nitrogens with zero attached hydrogens (tertiary/aromatic N) is 3. The summed E-state index contributed by atoms with van der Waals surface area (Å²) in [6.45, 7) is 5.88. The number of aliphatic carboxylic acids is 1. The van der Waals surface area contributed by atoms with Crippen molar-refractivity contribution in [2.75, 3.05) is 11.4 Å². The number of carboxylic acid groups (broad SMARTS) is 1. The van der Waals surface area contributed by atoms with Crippen LogP contribution in [0.3, 0.4) is 0 Å². The summed E-state index contributed by atoms with van der Waals surface area (Å²) in [5, 5.41) is 20.6. The van der Waals surface area contributed by atoms with Crippen LogP contribution in [0.15, 0.2) is 18.3 Å². The third-order valence-electron chi connectivity index (χ3n) is 4.80. The van der Waals surface area contributed by atoms with Crippen LogP contribution in [-0.2, 0) is 4.79 Å².